The van der Waals surface area contributed by atoms with Gasteiger partial charge in [0, 0.05) is 29.1 Å². The highest BCUT2D eigenvalue weighted by Crippen LogP contribution is 2.37. The summed E-state index contributed by atoms with van der Waals surface area (Å²) in [6.07, 6.45) is 2.89. The van der Waals surface area contributed by atoms with E-state index in [1.165, 1.54) is 0 Å². The maximum absolute atomic E-state index is 9.31. The van der Waals surface area contributed by atoms with E-state index in [1.807, 2.05) is 67.7 Å². The highest BCUT2D eigenvalue weighted by molar-refractivity contribution is 6.00. The molecule has 0 aliphatic rings. The van der Waals surface area contributed by atoms with Crippen LogP contribution in [-0.2, 0) is 13.5 Å². The first kappa shape index (κ1) is 18.7. The van der Waals surface area contributed by atoms with E-state index < -0.39 is 0 Å². The Morgan fingerprint density at radius 2 is 1.71 bits per heavy atom. The standard InChI is InChI=1S/C24H18N4/c1-17(14-25)11-12-19-9-6-10-22-23(19)21(13-18(15-26)16-27)24(28(22)2)20-7-4-3-5-8-20/h3-10,13H,1,11-12H2,2H3. The Labute approximate surface area is 164 Å². The topological polar surface area (TPSA) is 76.3 Å². The smallest absolute Gasteiger partial charge is 0.130 e. The number of hydrogen-bond donors (Lipinski definition) is 0. The highest BCUT2D eigenvalue weighted by atomic mass is 15.0. The first-order chi connectivity index (χ1) is 13.6. The van der Waals surface area contributed by atoms with Gasteiger partial charge < -0.3 is 4.57 Å². The molecule has 0 aliphatic carbocycles. The molecule has 0 spiro atoms. The van der Waals surface area contributed by atoms with Crippen LogP contribution in [0.25, 0.3) is 28.2 Å². The lowest BCUT2D eigenvalue weighted by atomic mass is 9.97. The number of benzene rings is 2. The first-order valence-electron chi connectivity index (χ1n) is 8.86. The Morgan fingerprint density at radius 1 is 1.00 bits per heavy atom. The zero-order chi connectivity index (χ0) is 20.1. The maximum Gasteiger partial charge on any atom is 0.130 e. The number of nitrogens with zero attached hydrogens (tertiary/aromatic N) is 4. The van der Waals surface area contributed by atoms with Crippen molar-refractivity contribution in [3.8, 4) is 29.5 Å². The third-order valence-electron chi connectivity index (χ3n) is 4.78. The van der Waals surface area contributed by atoms with Crippen molar-refractivity contribution in [2.75, 3.05) is 0 Å². The fourth-order valence-corrected chi connectivity index (χ4v) is 3.47. The molecule has 0 N–H and O–H groups in total. The summed E-state index contributed by atoms with van der Waals surface area (Å²) in [4.78, 5) is 0. The second kappa shape index (κ2) is 8.09. The molecule has 0 radical (unpaired) electrons. The average molecular weight is 362 g/mol. The Balaban J connectivity index is 2.34. The monoisotopic (exact) mass is 362 g/mol. The first-order valence-corrected chi connectivity index (χ1v) is 8.86. The van der Waals surface area contributed by atoms with Crippen molar-refractivity contribution in [2.24, 2.45) is 7.05 Å². The highest BCUT2D eigenvalue weighted by Gasteiger charge is 2.18. The number of hydrogen-bond acceptors (Lipinski definition) is 3. The minimum atomic E-state index is 0.0564. The summed E-state index contributed by atoms with van der Waals surface area (Å²) in [6.45, 7) is 3.77. The van der Waals surface area contributed by atoms with Gasteiger partial charge in [0.1, 0.15) is 17.7 Å². The molecule has 3 rings (SSSR count). The van der Waals surface area contributed by atoms with Crippen molar-refractivity contribution in [1.29, 1.82) is 15.8 Å². The molecule has 134 valence electrons. The lowest BCUT2D eigenvalue weighted by Crippen LogP contribution is -1.92. The second-order valence-corrected chi connectivity index (χ2v) is 6.50. The Bertz CT molecular complexity index is 1190. The predicted molar refractivity (Wildman–Crippen MR) is 111 cm³/mol. The van der Waals surface area contributed by atoms with E-state index in [1.54, 1.807) is 6.08 Å². The van der Waals surface area contributed by atoms with E-state index >= 15 is 0 Å². The van der Waals surface area contributed by atoms with Crippen LogP contribution in [0.3, 0.4) is 0 Å². The molecule has 1 heterocycles. The van der Waals surface area contributed by atoms with Gasteiger partial charge in [0.15, 0.2) is 0 Å². The number of nitriles is 3. The number of aryl methyl sites for hydroxylation is 2. The van der Waals surface area contributed by atoms with Crippen LogP contribution in [0.2, 0.25) is 0 Å². The summed E-state index contributed by atoms with van der Waals surface area (Å²) in [6, 6.07) is 22.0. The second-order valence-electron chi connectivity index (χ2n) is 6.50. The van der Waals surface area contributed by atoms with E-state index in [2.05, 4.69) is 17.2 Å². The van der Waals surface area contributed by atoms with E-state index in [0.717, 1.165) is 33.3 Å². The van der Waals surface area contributed by atoms with Crippen molar-refractivity contribution < 1.29 is 0 Å². The van der Waals surface area contributed by atoms with Crippen LogP contribution < -0.4 is 0 Å². The van der Waals surface area contributed by atoms with Crippen LogP contribution in [-0.4, -0.2) is 4.57 Å². The molecule has 0 amide bonds. The van der Waals surface area contributed by atoms with Crippen LogP contribution in [0.1, 0.15) is 17.5 Å². The van der Waals surface area contributed by atoms with Gasteiger partial charge in [-0.3, -0.25) is 0 Å². The van der Waals surface area contributed by atoms with Crippen molar-refractivity contribution in [3.05, 3.63) is 77.4 Å². The predicted octanol–water partition coefficient (Wildman–Crippen LogP) is 5.29. The van der Waals surface area contributed by atoms with Gasteiger partial charge >= 0.3 is 0 Å². The molecule has 0 fully saturated rings. The van der Waals surface area contributed by atoms with Gasteiger partial charge in [0.25, 0.3) is 0 Å². The Kier molecular flexibility index (Phi) is 5.40. The molecule has 4 nitrogen and oxygen atoms in total. The van der Waals surface area contributed by atoms with Gasteiger partial charge in [0.2, 0.25) is 0 Å². The summed E-state index contributed by atoms with van der Waals surface area (Å²) in [5, 5.41) is 28.6. The van der Waals surface area contributed by atoms with Crippen molar-refractivity contribution in [3.63, 3.8) is 0 Å². The molecule has 0 unspecified atom stereocenters. The zero-order valence-corrected chi connectivity index (χ0v) is 15.6. The molecule has 4 heteroatoms. The van der Waals surface area contributed by atoms with Crippen molar-refractivity contribution in [1.82, 2.24) is 4.57 Å². The number of allylic oxidation sites excluding steroid dienone is 2. The lowest BCUT2D eigenvalue weighted by molar-refractivity contribution is 0.969. The largest absolute Gasteiger partial charge is 0.343 e. The maximum atomic E-state index is 9.31. The normalized spacial score (nSPS) is 9.93. The van der Waals surface area contributed by atoms with Crippen molar-refractivity contribution in [2.45, 2.75) is 12.8 Å². The third kappa shape index (κ3) is 3.43. The summed E-state index contributed by atoms with van der Waals surface area (Å²) < 4.78 is 2.09. The van der Waals surface area contributed by atoms with E-state index in [0.29, 0.717) is 18.4 Å². The fourth-order valence-electron chi connectivity index (χ4n) is 3.47. The van der Waals surface area contributed by atoms with E-state index in [-0.39, 0.29) is 5.57 Å². The molecular formula is C24H18N4. The van der Waals surface area contributed by atoms with Gasteiger partial charge in [-0.2, -0.15) is 15.8 Å². The minimum absolute atomic E-state index is 0.0564. The zero-order valence-electron chi connectivity index (χ0n) is 15.6. The molecule has 0 saturated heterocycles. The van der Waals surface area contributed by atoms with E-state index in [4.69, 9.17) is 5.26 Å². The number of aromatic nitrogens is 1. The number of rotatable bonds is 5. The summed E-state index contributed by atoms with van der Waals surface area (Å²) >= 11 is 0. The molecule has 0 atom stereocenters. The molecule has 1 aromatic heterocycles. The van der Waals surface area contributed by atoms with Gasteiger partial charge in [-0.15, -0.1) is 0 Å². The quantitative estimate of drug-likeness (QED) is 0.579. The molecule has 0 aliphatic heterocycles. The van der Waals surface area contributed by atoms with Crippen LogP contribution in [0.4, 0.5) is 0 Å². The van der Waals surface area contributed by atoms with Gasteiger partial charge in [-0.05, 0) is 36.1 Å². The molecule has 0 bridgehead atoms. The minimum Gasteiger partial charge on any atom is -0.343 e. The SMILES string of the molecule is C=C(C#N)CCc1cccc2c1c(C=C(C#N)C#N)c(-c1ccccc1)n2C. The van der Waals surface area contributed by atoms with E-state index in [9.17, 15) is 10.5 Å². The Morgan fingerprint density at radius 3 is 2.36 bits per heavy atom. The molecule has 2 aromatic carbocycles. The summed E-state index contributed by atoms with van der Waals surface area (Å²) in [7, 11) is 1.98. The van der Waals surface area contributed by atoms with Crippen molar-refractivity contribution >= 4 is 17.0 Å². The van der Waals surface area contributed by atoms with Crippen LogP contribution in [0.5, 0.6) is 0 Å². The average Bonchev–Trinajstić information content (AvgIpc) is 3.02. The van der Waals surface area contributed by atoms with Gasteiger partial charge in [0.05, 0.1) is 11.8 Å². The summed E-state index contributed by atoms with van der Waals surface area (Å²) in [5.41, 5.74) is 5.47. The summed E-state index contributed by atoms with van der Waals surface area (Å²) in [5.74, 6) is 0. The molecular weight excluding hydrogens is 344 g/mol. The molecule has 3 aromatic rings. The lowest BCUT2D eigenvalue weighted by Gasteiger charge is -2.06. The van der Waals surface area contributed by atoms with Crippen LogP contribution in [0.15, 0.2) is 66.3 Å². The van der Waals surface area contributed by atoms with Gasteiger partial charge in [-0.25, -0.2) is 0 Å². The Hall–Kier alpha value is -4.07. The van der Waals surface area contributed by atoms with Crippen LogP contribution >= 0.6 is 0 Å². The third-order valence-corrected chi connectivity index (χ3v) is 4.78. The van der Waals surface area contributed by atoms with Gasteiger partial charge in [-0.1, -0.05) is 49.0 Å². The molecule has 28 heavy (non-hydrogen) atoms. The molecule has 0 saturated carbocycles. The van der Waals surface area contributed by atoms with Crippen LogP contribution in [0, 0.1) is 34.0 Å². The fraction of sp³-hybridized carbons (Fsp3) is 0.125. The number of fused-ring (bicyclic) bond motifs is 1.